The van der Waals surface area contributed by atoms with Crippen LogP contribution in [-0.4, -0.2) is 15.7 Å². The van der Waals surface area contributed by atoms with Crippen molar-refractivity contribution in [3.05, 3.63) is 111 Å². The van der Waals surface area contributed by atoms with Crippen molar-refractivity contribution in [3.63, 3.8) is 0 Å². The van der Waals surface area contributed by atoms with Crippen LogP contribution in [0.5, 0.6) is 5.75 Å². The van der Waals surface area contributed by atoms with Gasteiger partial charge in [0.15, 0.2) is 5.82 Å². The van der Waals surface area contributed by atoms with E-state index < -0.39 is 5.82 Å². The molecule has 0 unspecified atom stereocenters. The fourth-order valence-electron chi connectivity index (χ4n) is 3.69. The Morgan fingerprint density at radius 3 is 2.38 bits per heavy atom. The molecule has 5 nitrogen and oxygen atoms in total. The lowest BCUT2D eigenvalue weighted by Gasteiger charge is -2.12. The van der Waals surface area contributed by atoms with Crippen molar-refractivity contribution in [2.45, 2.75) is 33.9 Å². The predicted octanol–water partition coefficient (Wildman–Crippen LogP) is 6.48. The third-order valence-corrected chi connectivity index (χ3v) is 5.95. The van der Waals surface area contributed by atoms with E-state index in [2.05, 4.69) is 10.4 Å². The van der Waals surface area contributed by atoms with Crippen LogP contribution in [-0.2, 0) is 13.2 Å². The van der Waals surface area contributed by atoms with E-state index in [4.69, 9.17) is 16.3 Å². The third kappa shape index (κ3) is 5.29. The molecule has 34 heavy (non-hydrogen) atoms. The number of benzene rings is 3. The van der Waals surface area contributed by atoms with E-state index in [1.165, 1.54) is 6.07 Å². The number of amides is 1. The molecule has 0 bridgehead atoms. The first-order chi connectivity index (χ1) is 16.3. The number of nitrogens with one attached hydrogen (secondary N) is 1. The van der Waals surface area contributed by atoms with Crippen LogP contribution < -0.4 is 10.1 Å². The molecule has 1 amide bonds. The maximum Gasteiger partial charge on any atom is 0.256 e. The Labute approximate surface area is 203 Å². The first-order valence-corrected chi connectivity index (χ1v) is 11.3. The maximum absolute atomic E-state index is 14.1. The Kier molecular flexibility index (Phi) is 6.98. The summed E-state index contributed by atoms with van der Waals surface area (Å²) in [6.45, 7) is 6.45. The largest absolute Gasteiger partial charge is 0.488 e. The Hall–Kier alpha value is -3.64. The van der Waals surface area contributed by atoms with E-state index >= 15 is 0 Å². The highest BCUT2D eigenvalue weighted by Crippen LogP contribution is 2.24. The normalized spacial score (nSPS) is 10.9. The van der Waals surface area contributed by atoms with Gasteiger partial charge in [-0.05, 0) is 61.7 Å². The molecule has 0 radical (unpaired) electrons. The molecule has 3 aromatic carbocycles. The highest BCUT2D eigenvalue weighted by molar-refractivity contribution is 6.31. The molecule has 4 rings (SSSR count). The standard InChI is InChI=1S/C27H25ClFN3O2/c1-17-6-4-7-18(2)26(17)34-16-20-10-12-21(13-11-20)27(33)30-25-14-19(3)32(31-25)15-22-23(28)8-5-9-24(22)29/h4-14H,15-16H2,1-3H3,(H,30,31,33). The van der Waals surface area contributed by atoms with Gasteiger partial charge in [0.2, 0.25) is 0 Å². The Balaban J connectivity index is 1.40. The third-order valence-electron chi connectivity index (χ3n) is 5.60. The molecule has 0 saturated carbocycles. The highest BCUT2D eigenvalue weighted by atomic mass is 35.5. The first kappa shape index (κ1) is 23.5. The summed E-state index contributed by atoms with van der Waals surface area (Å²) in [7, 11) is 0. The van der Waals surface area contributed by atoms with E-state index in [-0.39, 0.29) is 12.5 Å². The van der Waals surface area contributed by atoms with Gasteiger partial charge < -0.3 is 10.1 Å². The predicted molar refractivity (Wildman–Crippen MR) is 132 cm³/mol. The van der Waals surface area contributed by atoms with Crippen molar-refractivity contribution >= 4 is 23.3 Å². The number of halogens is 2. The number of nitrogens with zero attached hydrogens (tertiary/aromatic N) is 2. The average Bonchev–Trinajstić information content (AvgIpc) is 3.15. The molecular weight excluding hydrogens is 453 g/mol. The minimum Gasteiger partial charge on any atom is -0.488 e. The number of ether oxygens (including phenoxy) is 1. The molecule has 0 aliphatic rings. The van der Waals surface area contributed by atoms with E-state index in [1.807, 2.05) is 51.1 Å². The second-order valence-corrected chi connectivity index (χ2v) is 8.60. The van der Waals surface area contributed by atoms with Crippen LogP contribution in [0.2, 0.25) is 5.02 Å². The van der Waals surface area contributed by atoms with Gasteiger partial charge >= 0.3 is 0 Å². The van der Waals surface area contributed by atoms with Crippen LogP contribution in [0.1, 0.15) is 38.3 Å². The molecule has 4 aromatic rings. The van der Waals surface area contributed by atoms with Crippen LogP contribution in [0.15, 0.2) is 66.7 Å². The van der Waals surface area contributed by atoms with Gasteiger partial charge in [0.05, 0.1) is 6.54 Å². The van der Waals surface area contributed by atoms with Gasteiger partial charge in [-0.3, -0.25) is 9.48 Å². The van der Waals surface area contributed by atoms with Crippen molar-refractivity contribution < 1.29 is 13.9 Å². The van der Waals surface area contributed by atoms with Crippen molar-refractivity contribution in [2.75, 3.05) is 5.32 Å². The average molecular weight is 478 g/mol. The summed E-state index contributed by atoms with van der Waals surface area (Å²) < 4.78 is 21.7. The monoisotopic (exact) mass is 477 g/mol. The van der Waals surface area contributed by atoms with Gasteiger partial charge in [-0.2, -0.15) is 5.10 Å². The van der Waals surface area contributed by atoms with Crippen molar-refractivity contribution in [2.24, 2.45) is 0 Å². The molecule has 0 fully saturated rings. The highest BCUT2D eigenvalue weighted by Gasteiger charge is 2.13. The van der Waals surface area contributed by atoms with Crippen molar-refractivity contribution in [1.29, 1.82) is 0 Å². The van der Waals surface area contributed by atoms with Crippen LogP contribution in [0, 0.1) is 26.6 Å². The summed E-state index contributed by atoms with van der Waals surface area (Å²) in [6, 6.07) is 19.6. The quantitative estimate of drug-likeness (QED) is 0.331. The van der Waals surface area contributed by atoms with E-state index in [1.54, 1.807) is 35.0 Å². The second kappa shape index (κ2) is 10.1. The van der Waals surface area contributed by atoms with Crippen LogP contribution in [0.3, 0.4) is 0 Å². The SMILES string of the molecule is Cc1cccc(C)c1OCc1ccc(C(=O)Nc2cc(C)n(Cc3c(F)cccc3Cl)n2)cc1. The summed E-state index contributed by atoms with van der Waals surface area (Å²) in [5.74, 6) is 0.592. The fraction of sp³-hybridized carbons (Fsp3) is 0.185. The van der Waals surface area contributed by atoms with Gasteiger partial charge in [0.1, 0.15) is 18.2 Å². The molecule has 0 spiro atoms. The number of aromatic nitrogens is 2. The molecule has 1 aromatic heterocycles. The van der Waals surface area contributed by atoms with Crippen molar-refractivity contribution in [3.8, 4) is 5.75 Å². The number of hydrogen-bond donors (Lipinski definition) is 1. The molecule has 0 aliphatic heterocycles. The van der Waals surface area contributed by atoms with Gasteiger partial charge in [-0.15, -0.1) is 0 Å². The number of hydrogen-bond acceptors (Lipinski definition) is 3. The summed E-state index contributed by atoms with van der Waals surface area (Å²) in [6.07, 6.45) is 0. The Morgan fingerprint density at radius 1 is 1.03 bits per heavy atom. The molecule has 7 heteroatoms. The van der Waals surface area contributed by atoms with E-state index in [0.717, 1.165) is 28.1 Å². The number of carbonyl (C=O) groups is 1. The lowest BCUT2D eigenvalue weighted by atomic mass is 10.1. The topological polar surface area (TPSA) is 56.1 Å². The summed E-state index contributed by atoms with van der Waals surface area (Å²) >= 11 is 6.13. The van der Waals surface area contributed by atoms with Crippen LogP contribution >= 0.6 is 11.6 Å². The van der Waals surface area contributed by atoms with Crippen molar-refractivity contribution in [1.82, 2.24) is 9.78 Å². The van der Waals surface area contributed by atoms with Crippen LogP contribution in [0.25, 0.3) is 0 Å². The van der Waals surface area contributed by atoms with E-state index in [0.29, 0.717) is 28.6 Å². The molecule has 0 atom stereocenters. The second-order valence-electron chi connectivity index (χ2n) is 8.19. The first-order valence-electron chi connectivity index (χ1n) is 10.9. The zero-order valence-corrected chi connectivity index (χ0v) is 20.0. The summed E-state index contributed by atoms with van der Waals surface area (Å²) in [4.78, 5) is 12.7. The minimum absolute atomic E-state index is 0.169. The van der Waals surface area contributed by atoms with Gasteiger partial charge in [-0.25, -0.2) is 4.39 Å². The molecule has 1 N–H and O–H groups in total. The van der Waals surface area contributed by atoms with Gasteiger partial charge in [-0.1, -0.05) is 48.0 Å². The molecule has 1 heterocycles. The molecule has 0 aliphatic carbocycles. The van der Waals surface area contributed by atoms with Gasteiger partial charge in [0, 0.05) is 27.9 Å². The van der Waals surface area contributed by atoms with E-state index in [9.17, 15) is 9.18 Å². The number of para-hydroxylation sites is 1. The number of aryl methyl sites for hydroxylation is 3. The van der Waals surface area contributed by atoms with Crippen LogP contribution in [0.4, 0.5) is 10.2 Å². The van der Waals surface area contributed by atoms with Gasteiger partial charge in [0.25, 0.3) is 5.91 Å². The lowest BCUT2D eigenvalue weighted by Crippen LogP contribution is -2.13. The lowest BCUT2D eigenvalue weighted by molar-refractivity contribution is 0.102. The zero-order chi connectivity index (χ0) is 24.2. The maximum atomic E-state index is 14.1. The fourth-order valence-corrected chi connectivity index (χ4v) is 3.91. The minimum atomic E-state index is -0.394. The number of rotatable bonds is 7. The Bertz CT molecular complexity index is 1290. The zero-order valence-electron chi connectivity index (χ0n) is 19.2. The number of anilines is 1. The Morgan fingerprint density at radius 2 is 1.71 bits per heavy atom. The smallest absolute Gasteiger partial charge is 0.256 e. The number of carbonyl (C=O) groups excluding carboxylic acids is 1. The summed E-state index contributed by atoms with van der Waals surface area (Å²) in [5.41, 5.74) is 4.76. The molecule has 174 valence electrons. The summed E-state index contributed by atoms with van der Waals surface area (Å²) in [5, 5.41) is 7.52. The molecule has 0 saturated heterocycles. The molecular formula is C27H25ClFN3O2.